The van der Waals surface area contributed by atoms with Gasteiger partial charge >= 0.3 is 0 Å². The molecule has 0 spiro atoms. The Labute approximate surface area is 162 Å². The van der Waals surface area contributed by atoms with Crippen LogP contribution in [0.3, 0.4) is 0 Å². The van der Waals surface area contributed by atoms with Crippen molar-refractivity contribution in [2.24, 2.45) is 0 Å². The zero-order valence-corrected chi connectivity index (χ0v) is 15.7. The number of pyridine rings is 1. The maximum Gasteiger partial charge on any atom is 0.116 e. The molecule has 0 atom stereocenters. The van der Waals surface area contributed by atoms with E-state index in [2.05, 4.69) is 74.9 Å². The number of aromatic amines is 2. The summed E-state index contributed by atoms with van der Waals surface area (Å²) in [6, 6.07) is 19.0. The van der Waals surface area contributed by atoms with Crippen molar-refractivity contribution in [1.29, 1.82) is 0 Å². The SMILES string of the molecule is CCNCc1cncc(-c2ccc3[nH]nc(-c4cc5ccccc5[nH]4)c3c2)c1. The van der Waals surface area contributed by atoms with Crippen LogP contribution < -0.4 is 5.32 Å². The van der Waals surface area contributed by atoms with E-state index in [1.54, 1.807) is 0 Å². The van der Waals surface area contributed by atoms with Gasteiger partial charge < -0.3 is 10.3 Å². The summed E-state index contributed by atoms with van der Waals surface area (Å²) in [4.78, 5) is 7.90. The molecule has 28 heavy (non-hydrogen) atoms. The van der Waals surface area contributed by atoms with Crippen molar-refractivity contribution in [2.75, 3.05) is 6.54 Å². The van der Waals surface area contributed by atoms with Gasteiger partial charge in [0.2, 0.25) is 0 Å². The van der Waals surface area contributed by atoms with Gasteiger partial charge in [0.15, 0.2) is 0 Å². The highest BCUT2D eigenvalue weighted by Gasteiger charge is 2.12. The number of nitrogens with one attached hydrogen (secondary N) is 3. The van der Waals surface area contributed by atoms with Crippen LogP contribution in [0.5, 0.6) is 0 Å². The maximum absolute atomic E-state index is 4.57. The molecule has 138 valence electrons. The molecule has 3 N–H and O–H groups in total. The average Bonchev–Trinajstić information content (AvgIpc) is 3.35. The quantitative estimate of drug-likeness (QED) is 0.414. The zero-order chi connectivity index (χ0) is 18.9. The lowest BCUT2D eigenvalue weighted by atomic mass is 10.0. The first-order valence-corrected chi connectivity index (χ1v) is 9.53. The van der Waals surface area contributed by atoms with Crippen LogP contribution in [-0.2, 0) is 6.54 Å². The van der Waals surface area contributed by atoms with Crippen molar-refractivity contribution in [3.8, 4) is 22.5 Å². The summed E-state index contributed by atoms with van der Waals surface area (Å²) < 4.78 is 0. The monoisotopic (exact) mass is 367 g/mol. The lowest BCUT2D eigenvalue weighted by Crippen LogP contribution is -2.11. The number of aromatic nitrogens is 4. The third-order valence-electron chi connectivity index (χ3n) is 5.06. The third kappa shape index (κ3) is 2.96. The lowest BCUT2D eigenvalue weighted by molar-refractivity contribution is 0.724. The van der Waals surface area contributed by atoms with Crippen LogP contribution in [0.1, 0.15) is 12.5 Å². The molecule has 0 aliphatic rings. The number of fused-ring (bicyclic) bond motifs is 2. The van der Waals surface area contributed by atoms with Crippen molar-refractivity contribution in [2.45, 2.75) is 13.5 Å². The van der Waals surface area contributed by atoms with Crippen molar-refractivity contribution in [3.63, 3.8) is 0 Å². The van der Waals surface area contributed by atoms with Gasteiger partial charge in [0.1, 0.15) is 5.69 Å². The molecule has 0 amide bonds. The highest BCUT2D eigenvalue weighted by molar-refractivity contribution is 5.97. The Bertz CT molecular complexity index is 1230. The Morgan fingerprint density at radius 1 is 0.929 bits per heavy atom. The molecule has 0 aliphatic carbocycles. The fourth-order valence-electron chi connectivity index (χ4n) is 3.61. The highest BCUT2D eigenvalue weighted by Crippen LogP contribution is 2.31. The summed E-state index contributed by atoms with van der Waals surface area (Å²) in [6.07, 6.45) is 3.83. The number of nitrogens with zero attached hydrogens (tertiary/aromatic N) is 2. The van der Waals surface area contributed by atoms with Gasteiger partial charge in [-0.25, -0.2) is 0 Å². The van der Waals surface area contributed by atoms with Gasteiger partial charge in [-0.3, -0.25) is 10.1 Å². The fraction of sp³-hybridized carbons (Fsp3) is 0.130. The normalized spacial score (nSPS) is 11.5. The van der Waals surface area contributed by atoms with E-state index >= 15 is 0 Å². The van der Waals surface area contributed by atoms with Crippen molar-refractivity contribution >= 4 is 21.8 Å². The number of benzene rings is 2. The van der Waals surface area contributed by atoms with Gasteiger partial charge in [-0.05, 0) is 48.0 Å². The molecule has 0 saturated carbocycles. The Morgan fingerprint density at radius 2 is 1.86 bits per heavy atom. The molecule has 5 heteroatoms. The predicted octanol–water partition coefficient (Wildman–Crippen LogP) is 4.88. The van der Waals surface area contributed by atoms with E-state index in [4.69, 9.17) is 0 Å². The average molecular weight is 367 g/mol. The maximum atomic E-state index is 4.57. The summed E-state index contributed by atoms with van der Waals surface area (Å²) >= 11 is 0. The van der Waals surface area contributed by atoms with E-state index in [0.717, 1.165) is 52.0 Å². The van der Waals surface area contributed by atoms with E-state index in [1.807, 2.05) is 24.5 Å². The second-order valence-corrected chi connectivity index (χ2v) is 6.97. The van der Waals surface area contributed by atoms with Gasteiger partial charge in [0.25, 0.3) is 0 Å². The first-order chi connectivity index (χ1) is 13.8. The topological polar surface area (TPSA) is 69.4 Å². The molecule has 0 radical (unpaired) electrons. The number of hydrogen-bond acceptors (Lipinski definition) is 3. The third-order valence-corrected chi connectivity index (χ3v) is 5.06. The van der Waals surface area contributed by atoms with Crippen LogP contribution in [0, 0.1) is 0 Å². The van der Waals surface area contributed by atoms with Gasteiger partial charge in [-0.15, -0.1) is 0 Å². The van der Waals surface area contributed by atoms with E-state index in [-0.39, 0.29) is 0 Å². The standard InChI is InChI=1S/C23H21N5/c1-2-24-12-15-9-18(14-25-13-15)16-7-8-21-19(10-16)23(28-27-21)22-11-17-5-3-4-6-20(17)26-22/h3-11,13-14,24,26H,2,12H2,1H3,(H,27,28). The van der Waals surface area contributed by atoms with Gasteiger partial charge in [0.05, 0.1) is 11.2 Å². The molecule has 3 heterocycles. The largest absolute Gasteiger partial charge is 0.353 e. The van der Waals surface area contributed by atoms with Crippen molar-refractivity contribution in [1.82, 2.24) is 25.5 Å². The van der Waals surface area contributed by atoms with Crippen LogP contribution >= 0.6 is 0 Å². The minimum Gasteiger partial charge on any atom is -0.353 e. The fourth-order valence-corrected chi connectivity index (χ4v) is 3.61. The molecule has 0 bridgehead atoms. The molecule has 2 aromatic carbocycles. The van der Waals surface area contributed by atoms with Crippen LogP contribution in [-0.4, -0.2) is 26.7 Å². The summed E-state index contributed by atoms with van der Waals surface area (Å²) in [5, 5.41) is 13.4. The van der Waals surface area contributed by atoms with Crippen LogP contribution in [0.15, 0.2) is 67.0 Å². The predicted molar refractivity (Wildman–Crippen MR) is 114 cm³/mol. The Balaban J connectivity index is 1.58. The van der Waals surface area contributed by atoms with E-state index < -0.39 is 0 Å². The van der Waals surface area contributed by atoms with Gasteiger partial charge in [-0.2, -0.15) is 5.10 Å². The molecule has 3 aromatic heterocycles. The number of H-pyrrole nitrogens is 2. The molecule has 5 rings (SSSR count). The molecule has 5 nitrogen and oxygen atoms in total. The second kappa shape index (κ2) is 6.94. The van der Waals surface area contributed by atoms with Crippen molar-refractivity contribution < 1.29 is 0 Å². The molecule has 0 aliphatic heterocycles. The van der Waals surface area contributed by atoms with E-state index in [0.29, 0.717) is 0 Å². The number of rotatable bonds is 5. The first-order valence-electron chi connectivity index (χ1n) is 9.53. The smallest absolute Gasteiger partial charge is 0.116 e. The van der Waals surface area contributed by atoms with Crippen LogP contribution in [0.2, 0.25) is 0 Å². The lowest BCUT2D eigenvalue weighted by Gasteiger charge is -2.06. The molecule has 0 saturated heterocycles. The zero-order valence-electron chi connectivity index (χ0n) is 15.7. The Hall–Kier alpha value is -3.44. The van der Waals surface area contributed by atoms with Crippen LogP contribution in [0.25, 0.3) is 44.3 Å². The van der Waals surface area contributed by atoms with Gasteiger partial charge in [0, 0.05) is 40.8 Å². The Kier molecular flexibility index (Phi) is 4.14. The Morgan fingerprint density at radius 3 is 2.75 bits per heavy atom. The molecule has 0 fully saturated rings. The highest BCUT2D eigenvalue weighted by atomic mass is 15.1. The second-order valence-electron chi connectivity index (χ2n) is 6.97. The van der Waals surface area contributed by atoms with Crippen molar-refractivity contribution in [3.05, 3.63) is 72.6 Å². The minimum atomic E-state index is 0.825. The van der Waals surface area contributed by atoms with E-state index in [1.165, 1.54) is 10.9 Å². The summed E-state index contributed by atoms with van der Waals surface area (Å²) in [7, 11) is 0. The van der Waals surface area contributed by atoms with Crippen LogP contribution in [0.4, 0.5) is 0 Å². The molecule has 5 aromatic rings. The molecular weight excluding hydrogens is 346 g/mol. The summed E-state index contributed by atoms with van der Waals surface area (Å²) in [5.74, 6) is 0. The summed E-state index contributed by atoms with van der Waals surface area (Å²) in [6.45, 7) is 3.88. The first kappa shape index (κ1) is 16.7. The number of hydrogen-bond donors (Lipinski definition) is 3. The minimum absolute atomic E-state index is 0.825. The number of para-hydroxylation sites is 1. The molecule has 0 unspecified atom stereocenters. The van der Waals surface area contributed by atoms with Gasteiger partial charge in [-0.1, -0.05) is 31.2 Å². The molecular formula is C23H21N5. The van der Waals surface area contributed by atoms with E-state index in [9.17, 15) is 0 Å². The summed E-state index contributed by atoms with van der Waals surface area (Å²) in [5.41, 5.74) is 7.52.